The highest BCUT2D eigenvalue weighted by atomic mass is 16.5. The summed E-state index contributed by atoms with van der Waals surface area (Å²) < 4.78 is 11.3. The molecule has 200 valence electrons. The van der Waals surface area contributed by atoms with Crippen molar-refractivity contribution in [3.63, 3.8) is 0 Å². The average Bonchev–Trinajstić information content (AvgIpc) is 2.98. The molecule has 0 aliphatic carbocycles. The molecule has 0 amide bonds. The number of esters is 2. The lowest BCUT2D eigenvalue weighted by Crippen LogP contribution is -2.27. The van der Waals surface area contributed by atoms with Crippen molar-refractivity contribution >= 4 is 11.9 Å². The number of ether oxygens (including phenoxy) is 2. The Hall–Kier alpha value is -4.52. The molecule has 0 aliphatic heterocycles. The van der Waals surface area contributed by atoms with Crippen LogP contribution < -0.4 is 5.56 Å². The Balaban J connectivity index is 1.62. The van der Waals surface area contributed by atoms with Gasteiger partial charge in [-0.3, -0.25) is 9.36 Å². The number of methoxy groups -OCH3 is 2. The van der Waals surface area contributed by atoms with Crippen molar-refractivity contribution in [2.75, 3.05) is 14.2 Å². The molecule has 7 nitrogen and oxygen atoms in total. The summed E-state index contributed by atoms with van der Waals surface area (Å²) in [6, 6.07) is 22.2. The van der Waals surface area contributed by atoms with Gasteiger partial charge in [-0.1, -0.05) is 67.9 Å². The molecular formula is C32H32N2O5. The molecule has 39 heavy (non-hydrogen) atoms. The number of hydrogen-bond acceptors (Lipinski definition) is 6. The second-order valence-corrected chi connectivity index (χ2v) is 9.31. The van der Waals surface area contributed by atoms with Crippen LogP contribution in [0.4, 0.5) is 0 Å². The maximum Gasteiger partial charge on any atom is 0.338 e. The standard InChI is InChI=1S/C32H32N2O5/c1-4-5-10-29-28(30(35)34(21-33-29)20-23-13-17-25(18-14-23)31(36)38-2)19-22-11-15-24(16-12-22)26-8-6-7-9-27(26)32(37)39-3/h6-9,11-18,21H,4-5,10,19-20H2,1-3H3. The molecule has 1 aromatic heterocycles. The van der Waals surface area contributed by atoms with Gasteiger partial charge in [0.15, 0.2) is 0 Å². The molecule has 1 heterocycles. The first kappa shape index (κ1) is 27.5. The maximum absolute atomic E-state index is 13.6. The average molecular weight is 525 g/mol. The van der Waals surface area contributed by atoms with Crippen LogP contribution in [-0.2, 0) is 28.9 Å². The summed E-state index contributed by atoms with van der Waals surface area (Å²) in [7, 11) is 2.72. The minimum absolute atomic E-state index is 0.0757. The molecule has 0 aliphatic rings. The summed E-state index contributed by atoms with van der Waals surface area (Å²) in [5, 5.41) is 0. The molecule has 4 aromatic rings. The first-order chi connectivity index (χ1) is 18.9. The van der Waals surface area contributed by atoms with Crippen LogP contribution in [0.3, 0.4) is 0 Å². The quantitative estimate of drug-likeness (QED) is 0.256. The van der Waals surface area contributed by atoms with Gasteiger partial charge in [0.1, 0.15) is 0 Å². The van der Waals surface area contributed by atoms with E-state index in [0.29, 0.717) is 29.7 Å². The number of aromatic nitrogens is 2. The van der Waals surface area contributed by atoms with Crippen molar-refractivity contribution in [3.05, 3.63) is 123 Å². The van der Waals surface area contributed by atoms with Crippen LogP contribution in [0.25, 0.3) is 11.1 Å². The number of unbranched alkanes of at least 4 members (excludes halogenated alkanes) is 1. The van der Waals surface area contributed by atoms with Gasteiger partial charge < -0.3 is 9.47 Å². The first-order valence-corrected chi connectivity index (χ1v) is 13.0. The van der Waals surface area contributed by atoms with E-state index in [1.54, 1.807) is 29.1 Å². The van der Waals surface area contributed by atoms with Crippen LogP contribution in [0.2, 0.25) is 0 Å². The Morgan fingerprint density at radius 1 is 0.846 bits per heavy atom. The van der Waals surface area contributed by atoms with Crippen LogP contribution >= 0.6 is 0 Å². The summed E-state index contributed by atoms with van der Waals surface area (Å²) in [5.41, 5.74) is 5.93. The smallest absolute Gasteiger partial charge is 0.338 e. The van der Waals surface area contributed by atoms with Gasteiger partial charge in [0, 0.05) is 12.0 Å². The summed E-state index contributed by atoms with van der Waals surface area (Å²) in [6.07, 6.45) is 4.75. The Kier molecular flexibility index (Phi) is 9.05. The van der Waals surface area contributed by atoms with E-state index in [4.69, 9.17) is 9.47 Å². The van der Waals surface area contributed by atoms with Gasteiger partial charge in [-0.15, -0.1) is 0 Å². The van der Waals surface area contributed by atoms with Crippen molar-refractivity contribution in [1.82, 2.24) is 9.55 Å². The summed E-state index contributed by atoms with van der Waals surface area (Å²) in [5.74, 6) is -0.783. The number of nitrogens with zero attached hydrogens (tertiary/aromatic N) is 2. The van der Waals surface area contributed by atoms with Crippen molar-refractivity contribution in [2.24, 2.45) is 0 Å². The van der Waals surface area contributed by atoms with Crippen LogP contribution in [0, 0.1) is 0 Å². The van der Waals surface area contributed by atoms with E-state index < -0.39 is 5.97 Å². The highest BCUT2D eigenvalue weighted by molar-refractivity contribution is 5.97. The normalized spacial score (nSPS) is 10.7. The minimum atomic E-state index is -0.400. The minimum Gasteiger partial charge on any atom is -0.465 e. The fraction of sp³-hybridized carbons (Fsp3) is 0.250. The topological polar surface area (TPSA) is 87.5 Å². The number of hydrogen-bond donors (Lipinski definition) is 0. The molecule has 0 bridgehead atoms. The predicted octanol–water partition coefficient (Wildman–Crippen LogP) is 5.47. The van der Waals surface area contributed by atoms with Crippen molar-refractivity contribution in [3.8, 4) is 11.1 Å². The van der Waals surface area contributed by atoms with Gasteiger partial charge >= 0.3 is 11.9 Å². The van der Waals surface area contributed by atoms with E-state index >= 15 is 0 Å². The SMILES string of the molecule is CCCCc1ncn(Cc2ccc(C(=O)OC)cc2)c(=O)c1Cc1ccc(-c2ccccc2C(=O)OC)cc1. The molecule has 4 rings (SSSR count). The maximum atomic E-state index is 13.6. The van der Waals surface area contributed by atoms with Crippen LogP contribution in [0.1, 0.15) is 62.9 Å². The zero-order valence-electron chi connectivity index (χ0n) is 22.5. The molecule has 0 radical (unpaired) electrons. The number of aryl methyl sites for hydroxylation is 1. The van der Waals surface area contributed by atoms with Crippen molar-refractivity contribution < 1.29 is 19.1 Å². The van der Waals surface area contributed by atoms with Crippen LogP contribution in [-0.4, -0.2) is 35.7 Å². The largest absolute Gasteiger partial charge is 0.465 e. The van der Waals surface area contributed by atoms with Gasteiger partial charge in [-0.05, 0) is 53.3 Å². The second kappa shape index (κ2) is 12.8. The van der Waals surface area contributed by atoms with Gasteiger partial charge in [0.2, 0.25) is 0 Å². The molecule has 0 fully saturated rings. The highest BCUT2D eigenvalue weighted by Gasteiger charge is 2.15. The Labute approximate surface area is 228 Å². The predicted molar refractivity (Wildman–Crippen MR) is 150 cm³/mol. The van der Waals surface area contributed by atoms with Crippen molar-refractivity contribution in [1.29, 1.82) is 0 Å². The zero-order chi connectivity index (χ0) is 27.8. The second-order valence-electron chi connectivity index (χ2n) is 9.31. The molecule has 0 saturated carbocycles. The molecule has 0 saturated heterocycles. The fourth-order valence-electron chi connectivity index (χ4n) is 4.51. The lowest BCUT2D eigenvalue weighted by Gasteiger charge is -2.13. The monoisotopic (exact) mass is 524 g/mol. The summed E-state index contributed by atoms with van der Waals surface area (Å²) >= 11 is 0. The lowest BCUT2D eigenvalue weighted by atomic mass is 9.96. The van der Waals surface area contributed by atoms with E-state index in [1.807, 2.05) is 54.6 Å². The molecule has 0 atom stereocenters. The number of carbonyl (C=O) groups is 2. The summed E-state index contributed by atoms with van der Waals surface area (Å²) in [4.78, 5) is 42.2. The molecule has 0 spiro atoms. The Morgan fingerprint density at radius 2 is 1.51 bits per heavy atom. The summed E-state index contributed by atoms with van der Waals surface area (Å²) in [6.45, 7) is 2.46. The fourth-order valence-corrected chi connectivity index (χ4v) is 4.51. The molecular weight excluding hydrogens is 492 g/mol. The van der Waals surface area contributed by atoms with E-state index in [1.165, 1.54) is 14.2 Å². The Morgan fingerprint density at radius 3 is 2.18 bits per heavy atom. The van der Waals surface area contributed by atoms with E-state index in [9.17, 15) is 14.4 Å². The van der Waals surface area contributed by atoms with Crippen LogP contribution in [0.15, 0.2) is 83.9 Å². The highest BCUT2D eigenvalue weighted by Crippen LogP contribution is 2.25. The lowest BCUT2D eigenvalue weighted by molar-refractivity contribution is 0.0592. The third kappa shape index (κ3) is 6.49. The first-order valence-electron chi connectivity index (χ1n) is 13.0. The Bertz CT molecular complexity index is 1510. The number of benzene rings is 3. The molecule has 3 aromatic carbocycles. The zero-order valence-corrected chi connectivity index (χ0v) is 22.5. The van der Waals surface area contributed by atoms with Gasteiger partial charge in [0.25, 0.3) is 5.56 Å². The molecule has 7 heteroatoms. The number of rotatable bonds is 10. The molecule has 0 N–H and O–H groups in total. The van der Waals surface area contributed by atoms with Gasteiger partial charge in [-0.25, -0.2) is 14.6 Å². The number of carbonyl (C=O) groups excluding carboxylic acids is 2. The van der Waals surface area contributed by atoms with Crippen LogP contribution in [0.5, 0.6) is 0 Å². The third-order valence-electron chi connectivity index (χ3n) is 6.69. The van der Waals surface area contributed by atoms with E-state index in [-0.39, 0.29) is 11.5 Å². The van der Waals surface area contributed by atoms with Crippen molar-refractivity contribution in [2.45, 2.75) is 39.2 Å². The van der Waals surface area contributed by atoms with E-state index in [2.05, 4.69) is 11.9 Å². The van der Waals surface area contributed by atoms with Gasteiger partial charge in [-0.2, -0.15) is 0 Å². The van der Waals surface area contributed by atoms with Gasteiger partial charge in [0.05, 0.1) is 43.9 Å². The van der Waals surface area contributed by atoms with E-state index in [0.717, 1.165) is 47.2 Å². The third-order valence-corrected chi connectivity index (χ3v) is 6.69. The molecule has 0 unspecified atom stereocenters.